The number of allylic oxidation sites excluding steroid dienone is 4. The Balaban J connectivity index is 1.84. The summed E-state index contributed by atoms with van der Waals surface area (Å²) in [4.78, 5) is 12.4. The summed E-state index contributed by atoms with van der Waals surface area (Å²) in [6, 6.07) is 14.5. The Kier molecular flexibility index (Phi) is 5.55. The molecule has 1 aliphatic heterocycles. The van der Waals surface area contributed by atoms with E-state index in [1.807, 2.05) is 23.9 Å². The molecule has 4 rings (SSSR count). The predicted molar refractivity (Wildman–Crippen MR) is 118 cm³/mol. The third-order valence-electron chi connectivity index (χ3n) is 6.21. The van der Waals surface area contributed by atoms with E-state index in [0.717, 1.165) is 36.4 Å². The van der Waals surface area contributed by atoms with E-state index in [1.54, 1.807) is 14.2 Å². The molecule has 0 bridgehead atoms. The summed E-state index contributed by atoms with van der Waals surface area (Å²) in [6.07, 6.45) is 7.22. The van der Waals surface area contributed by atoms with Gasteiger partial charge in [-0.2, -0.15) is 0 Å². The van der Waals surface area contributed by atoms with Crippen LogP contribution in [0.4, 0.5) is 0 Å². The predicted octanol–water partition coefficient (Wildman–Crippen LogP) is 6.00. The smallest absolute Gasteiger partial charge is 0.150 e. The van der Waals surface area contributed by atoms with E-state index in [0.29, 0.717) is 5.56 Å². The second-order valence-electron chi connectivity index (χ2n) is 7.86. The van der Waals surface area contributed by atoms with Gasteiger partial charge in [0, 0.05) is 34.0 Å². The topological polar surface area (TPSA) is 35.5 Å². The molecule has 0 N–H and O–H groups in total. The molecular weight excluding hydrogens is 380 g/mol. The summed E-state index contributed by atoms with van der Waals surface area (Å²) in [7, 11) is 3.45. The van der Waals surface area contributed by atoms with Gasteiger partial charge >= 0.3 is 0 Å². The van der Waals surface area contributed by atoms with Crippen LogP contribution in [0.1, 0.15) is 47.2 Å². The lowest BCUT2D eigenvalue weighted by atomic mass is 9.65. The zero-order chi connectivity index (χ0) is 20.4. The average molecular weight is 407 g/mol. The van der Waals surface area contributed by atoms with E-state index in [9.17, 15) is 4.79 Å². The first-order valence-corrected chi connectivity index (χ1v) is 10.9. The highest BCUT2D eigenvalue weighted by atomic mass is 32.2. The highest BCUT2D eigenvalue weighted by molar-refractivity contribution is 7.99. The minimum atomic E-state index is -0.0231. The van der Waals surface area contributed by atoms with Crippen molar-refractivity contribution in [3.8, 4) is 5.75 Å². The Labute approximate surface area is 176 Å². The average Bonchev–Trinajstić information content (AvgIpc) is 2.79. The van der Waals surface area contributed by atoms with Crippen LogP contribution < -0.4 is 4.74 Å². The quantitative estimate of drug-likeness (QED) is 0.570. The van der Waals surface area contributed by atoms with Crippen LogP contribution in [0, 0.1) is 5.41 Å². The molecule has 0 saturated heterocycles. The second-order valence-corrected chi connectivity index (χ2v) is 8.87. The van der Waals surface area contributed by atoms with Crippen LogP contribution in [0.25, 0.3) is 0 Å². The standard InChI is InChI=1S/C25H26O3S/c1-25(19-8-10-20(27-2)11-9-19)16-29-23-14-21(28-3)12-13-22(23)24(25)18-6-4-17(15-26)5-7-18/h4-8,10,12-15,24H,9,11,16H2,1-3H3/t24-,25-/m1/s1. The first-order valence-electron chi connectivity index (χ1n) is 9.89. The highest BCUT2D eigenvalue weighted by Gasteiger charge is 2.43. The number of aldehydes is 1. The van der Waals surface area contributed by atoms with Crippen LogP contribution in [0.5, 0.6) is 5.75 Å². The van der Waals surface area contributed by atoms with Crippen molar-refractivity contribution >= 4 is 18.0 Å². The molecule has 0 radical (unpaired) electrons. The summed E-state index contributed by atoms with van der Waals surface area (Å²) in [5.74, 6) is 3.14. The van der Waals surface area contributed by atoms with Crippen LogP contribution in [0.15, 0.2) is 70.8 Å². The zero-order valence-electron chi connectivity index (χ0n) is 17.1. The zero-order valence-corrected chi connectivity index (χ0v) is 17.9. The van der Waals surface area contributed by atoms with Crippen molar-refractivity contribution in [1.29, 1.82) is 0 Å². The molecule has 0 fully saturated rings. The van der Waals surface area contributed by atoms with Crippen LogP contribution >= 0.6 is 11.8 Å². The van der Waals surface area contributed by atoms with Gasteiger partial charge in [0.25, 0.3) is 0 Å². The van der Waals surface area contributed by atoms with Gasteiger partial charge in [-0.15, -0.1) is 11.8 Å². The van der Waals surface area contributed by atoms with Crippen molar-refractivity contribution in [2.75, 3.05) is 20.0 Å². The van der Waals surface area contributed by atoms with Gasteiger partial charge in [-0.1, -0.05) is 48.9 Å². The number of fused-ring (bicyclic) bond motifs is 1. The van der Waals surface area contributed by atoms with E-state index in [1.165, 1.54) is 21.6 Å². The van der Waals surface area contributed by atoms with E-state index < -0.39 is 0 Å². The van der Waals surface area contributed by atoms with Crippen LogP contribution in [-0.4, -0.2) is 26.3 Å². The van der Waals surface area contributed by atoms with Crippen molar-refractivity contribution < 1.29 is 14.3 Å². The fraction of sp³-hybridized carbons (Fsp3) is 0.320. The van der Waals surface area contributed by atoms with Gasteiger partial charge in [-0.05, 0) is 35.8 Å². The first kappa shape index (κ1) is 19.8. The monoisotopic (exact) mass is 406 g/mol. The number of thioether (sulfide) groups is 1. The Morgan fingerprint density at radius 2 is 1.83 bits per heavy atom. The summed E-state index contributed by atoms with van der Waals surface area (Å²) < 4.78 is 10.9. The van der Waals surface area contributed by atoms with Gasteiger partial charge in [0.1, 0.15) is 12.0 Å². The van der Waals surface area contributed by atoms with Crippen molar-refractivity contribution in [3.63, 3.8) is 0 Å². The van der Waals surface area contributed by atoms with E-state index in [2.05, 4.69) is 49.4 Å². The third-order valence-corrected chi connectivity index (χ3v) is 7.62. The highest BCUT2D eigenvalue weighted by Crippen LogP contribution is 2.56. The molecule has 0 spiro atoms. The molecule has 150 valence electrons. The largest absolute Gasteiger partial charge is 0.501 e. The number of hydrogen-bond acceptors (Lipinski definition) is 4. The molecule has 2 atom stereocenters. The molecule has 2 aromatic carbocycles. The maximum absolute atomic E-state index is 11.2. The van der Waals surface area contributed by atoms with Gasteiger partial charge in [-0.25, -0.2) is 0 Å². The number of carbonyl (C=O) groups is 1. The Bertz CT molecular complexity index is 974. The third kappa shape index (κ3) is 3.62. The maximum Gasteiger partial charge on any atom is 0.150 e. The number of benzene rings is 2. The summed E-state index contributed by atoms with van der Waals surface area (Å²) >= 11 is 1.90. The normalized spacial score (nSPS) is 23.5. The molecule has 0 amide bonds. The van der Waals surface area contributed by atoms with Gasteiger partial charge in [0.2, 0.25) is 0 Å². The van der Waals surface area contributed by atoms with E-state index in [-0.39, 0.29) is 11.3 Å². The first-order chi connectivity index (χ1) is 14.1. The molecule has 3 nitrogen and oxygen atoms in total. The molecule has 4 heteroatoms. The van der Waals surface area contributed by atoms with Crippen molar-refractivity contribution in [2.24, 2.45) is 5.41 Å². The molecule has 0 unspecified atom stereocenters. The molecule has 0 aromatic heterocycles. The summed E-state index contributed by atoms with van der Waals surface area (Å²) in [5, 5.41) is 0. The van der Waals surface area contributed by atoms with Crippen LogP contribution in [-0.2, 0) is 4.74 Å². The number of rotatable bonds is 5. The fourth-order valence-corrected chi connectivity index (χ4v) is 5.88. The van der Waals surface area contributed by atoms with Gasteiger partial charge in [0.05, 0.1) is 20.0 Å². The minimum absolute atomic E-state index is 0.0231. The van der Waals surface area contributed by atoms with Crippen LogP contribution in [0.3, 0.4) is 0 Å². The summed E-state index contributed by atoms with van der Waals surface area (Å²) in [5.41, 5.74) is 4.71. The van der Waals surface area contributed by atoms with Gasteiger partial charge in [0.15, 0.2) is 0 Å². The number of hydrogen-bond donors (Lipinski definition) is 0. The van der Waals surface area contributed by atoms with Crippen molar-refractivity contribution in [1.82, 2.24) is 0 Å². The Hall–Kier alpha value is -2.46. The molecule has 0 saturated carbocycles. The second kappa shape index (κ2) is 8.11. The molecular formula is C25H26O3S. The molecule has 29 heavy (non-hydrogen) atoms. The Morgan fingerprint density at radius 3 is 2.45 bits per heavy atom. The van der Waals surface area contributed by atoms with Gasteiger partial charge in [-0.3, -0.25) is 4.79 Å². The van der Waals surface area contributed by atoms with E-state index >= 15 is 0 Å². The maximum atomic E-state index is 11.2. The van der Waals surface area contributed by atoms with Crippen molar-refractivity contribution in [2.45, 2.75) is 30.6 Å². The van der Waals surface area contributed by atoms with E-state index in [4.69, 9.17) is 9.47 Å². The lowest BCUT2D eigenvalue weighted by molar-refractivity contribution is 0.112. The number of methoxy groups -OCH3 is 2. The number of ether oxygens (including phenoxy) is 2. The fourth-order valence-electron chi connectivity index (χ4n) is 4.52. The Morgan fingerprint density at radius 1 is 1.03 bits per heavy atom. The summed E-state index contributed by atoms with van der Waals surface area (Å²) in [6.45, 7) is 2.38. The SMILES string of the molecule is COC1=CC=C([C@@]2(C)CSc3cc(OC)ccc3[C@H]2c2ccc(C=O)cc2)CC1. The molecule has 2 aromatic rings. The molecule has 1 heterocycles. The van der Waals surface area contributed by atoms with Gasteiger partial charge < -0.3 is 9.47 Å². The molecule has 2 aliphatic rings. The lowest BCUT2D eigenvalue weighted by Gasteiger charge is -2.45. The van der Waals surface area contributed by atoms with Crippen molar-refractivity contribution in [3.05, 3.63) is 82.6 Å². The lowest BCUT2D eigenvalue weighted by Crippen LogP contribution is -2.35. The van der Waals surface area contributed by atoms with Crippen LogP contribution in [0.2, 0.25) is 0 Å². The minimum Gasteiger partial charge on any atom is -0.501 e. The number of carbonyl (C=O) groups excluding carboxylic acids is 1. The molecule has 1 aliphatic carbocycles.